The van der Waals surface area contributed by atoms with Crippen LogP contribution in [-0.4, -0.2) is 52.6 Å². The first-order chi connectivity index (χ1) is 21.2. The summed E-state index contributed by atoms with van der Waals surface area (Å²) in [5, 5.41) is 9.30. The highest BCUT2D eigenvalue weighted by molar-refractivity contribution is 5.93. The first-order valence-corrected chi connectivity index (χ1v) is 15.6. The first kappa shape index (κ1) is 35.1. The molecule has 0 saturated carbocycles. The molecule has 0 unspecified atom stereocenters. The molecular weight excluding hydrogens is 572 g/mol. The summed E-state index contributed by atoms with van der Waals surface area (Å²) in [6, 6.07) is 14.1. The maximum atomic E-state index is 13.8. The molecular formula is C35H48N4O6. The van der Waals surface area contributed by atoms with E-state index in [2.05, 4.69) is 20.9 Å². The number of rotatable bonds is 14. The van der Waals surface area contributed by atoms with E-state index in [1.165, 1.54) is 0 Å². The molecule has 1 heterocycles. The Morgan fingerprint density at radius 2 is 1.33 bits per heavy atom. The van der Waals surface area contributed by atoms with Crippen molar-refractivity contribution < 1.29 is 28.7 Å². The van der Waals surface area contributed by atoms with Crippen molar-refractivity contribution in [3.05, 3.63) is 71.9 Å². The molecule has 1 aromatic heterocycles. The summed E-state index contributed by atoms with van der Waals surface area (Å²) in [6.07, 6.45) is 1.90. The van der Waals surface area contributed by atoms with Crippen LogP contribution in [0.25, 0.3) is 10.9 Å². The van der Waals surface area contributed by atoms with Crippen LogP contribution in [0.5, 0.6) is 0 Å². The van der Waals surface area contributed by atoms with Crippen molar-refractivity contribution in [2.24, 2.45) is 11.8 Å². The number of para-hydroxylation sites is 1. The predicted molar refractivity (Wildman–Crippen MR) is 174 cm³/mol. The van der Waals surface area contributed by atoms with Crippen LogP contribution in [0.2, 0.25) is 0 Å². The van der Waals surface area contributed by atoms with E-state index in [4.69, 9.17) is 9.47 Å². The number of hydrogen-bond donors (Lipinski definition) is 4. The fourth-order valence-electron chi connectivity index (χ4n) is 4.94. The van der Waals surface area contributed by atoms with E-state index >= 15 is 0 Å². The van der Waals surface area contributed by atoms with E-state index in [-0.39, 0.29) is 24.9 Å². The minimum Gasteiger partial charge on any atom is -0.459 e. The number of aromatic nitrogens is 1. The van der Waals surface area contributed by atoms with Gasteiger partial charge in [-0.1, -0.05) is 76.2 Å². The van der Waals surface area contributed by atoms with Gasteiger partial charge in [0.15, 0.2) is 0 Å². The lowest BCUT2D eigenvalue weighted by Crippen LogP contribution is -2.57. The number of nitrogens with one attached hydrogen (secondary N) is 4. The molecule has 0 spiro atoms. The van der Waals surface area contributed by atoms with Gasteiger partial charge in [0, 0.05) is 23.5 Å². The molecule has 0 aliphatic heterocycles. The van der Waals surface area contributed by atoms with Crippen LogP contribution in [0.1, 0.15) is 72.4 Å². The third kappa shape index (κ3) is 11.6. The number of H-pyrrole nitrogens is 1. The van der Waals surface area contributed by atoms with Gasteiger partial charge in [0.1, 0.15) is 30.3 Å². The summed E-state index contributed by atoms with van der Waals surface area (Å²) >= 11 is 0. The van der Waals surface area contributed by atoms with E-state index in [9.17, 15) is 19.2 Å². The molecule has 0 aliphatic rings. The van der Waals surface area contributed by atoms with Gasteiger partial charge in [0.2, 0.25) is 11.8 Å². The lowest BCUT2D eigenvalue weighted by molar-refractivity contribution is -0.150. The molecule has 10 nitrogen and oxygen atoms in total. The number of carbonyl (C=O) groups excluding carboxylic acids is 4. The summed E-state index contributed by atoms with van der Waals surface area (Å²) in [7, 11) is 0. The minimum absolute atomic E-state index is 0.0421. The van der Waals surface area contributed by atoms with Crippen LogP contribution in [0.15, 0.2) is 60.8 Å². The second-order valence-corrected chi connectivity index (χ2v) is 13.2. The van der Waals surface area contributed by atoms with Gasteiger partial charge in [-0.2, -0.15) is 0 Å². The maximum Gasteiger partial charge on any atom is 0.408 e. The quantitative estimate of drug-likeness (QED) is 0.178. The second kappa shape index (κ2) is 16.1. The monoisotopic (exact) mass is 620 g/mol. The largest absolute Gasteiger partial charge is 0.459 e. The van der Waals surface area contributed by atoms with Crippen LogP contribution in [0.3, 0.4) is 0 Å². The Hall–Kier alpha value is -4.34. The van der Waals surface area contributed by atoms with Crippen molar-refractivity contribution in [1.82, 2.24) is 20.9 Å². The van der Waals surface area contributed by atoms with Gasteiger partial charge in [-0.05, 0) is 62.6 Å². The molecule has 244 valence electrons. The zero-order chi connectivity index (χ0) is 33.1. The van der Waals surface area contributed by atoms with Crippen molar-refractivity contribution in [3.63, 3.8) is 0 Å². The van der Waals surface area contributed by atoms with E-state index in [0.717, 1.165) is 22.0 Å². The molecule has 3 atom stereocenters. The number of hydrogen-bond acceptors (Lipinski definition) is 6. The van der Waals surface area contributed by atoms with Gasteiger partial charge in [0.25, 0.3) is 0 Å². The SMILES string of the molecule is CC(C)C[C@H](NC(=O)[C@H](Cc1c[nH]c2ccccc12)NC(=O)OC(C)(C)C)C(=O)N[C@@H](CC(C)C)C(=O)OCc1ccccc1. The highest BCUT2D eigenvalue weighted by Crippen LogP contribution is 2.20. The molecule has 2 aromatic carbocycles. The number of fused-ring (bicyclic) bond motifs is 1. The number of ether oxygens (including phenoxy) is 2. The Labute approximate surface area is 266 Å². The summed E-state index contributed by atoms with van der Waals surface area (Å²) in [5.41, 5.74) is 1.79. The number of esters is 1. The lowest BCUT2D eigenvalue weighted by atomic mass is 9.99. The van der Waals surface area contributed by atoms with Crippen molar-refractivity contribution >= 4 is 34.8 Å². The number of alkyl carbamates (subject to hydrolysis) is 1. The molecule has 10 heteroatoms. The lowest BCUT2D eigenvalue weighted by Gasteiger charge is -2.27. The molecule has 3 amide bonds. The summed E-state index contributed by atoms with van der Waals surface area (Å²) in [5.74, 6) is -1.45. The standard InChI is InChI=1S/C35H48N4O6/c1-22(2)17-28(31(40)38-30(18-23(3)4)33(42)44-21-24-13-9-8-10-14-24)37-32(41)29(39-34(43)45-35(5,6)7)19-25-20-36-27-16-12-11-15-26(25)27/h8-16,20,22-23,28-30,36H,17-19,21H2,1-7H3,(H,37,41)(H,38,40)(H,39,43)/t28-,29-,30-/m0/s1. The second-order valence-electron chi connectivity index (χ2n) is 13.2. The van der Waals surface area contributed by atoms with Crippen LogP contribution >= 0.6 is 0 Å². The average molecular weight is 621 g/mol. The van der Waals surface area contributed by atoms with Crippen LogP contribution in [-0.2, 0) is 36.9 Å². The third-order valence-corrected chi connectivity index (χ3v) is 6.98. The Morgan fingerprint density at radius 3 is 1.98 bits per heavy atom. The average Bonchev–Trinajstić information content (AvgIpc) is 3.36. The molecule has 4 N–H and O–H groups in total. The topological polar surface area (TPSA) is 139 Å². The van der Waals surface area contributed by atoms with Gasteiger partial charge in [-0.25, -0.2) is 9.59 Å². The molecule has 0 bridgehead atoms. The number of amides is 3. The van der Waals surface area contributed by atoms with Gasteiger partial charge in [-0.15, -0.1) is 0 Å². The molecule has 0 aliphatic carbocycles. The van der Waals surface area contributed by atoms with Gasteiger partial charge in [-0.3, -0.25) is 9.59 Å². The van der Waals surface area contributed by atoms with E-state index in [1.54, 1.807) is 27.0 Å². The third-order valence-electron chi connectivity index (χ3n) is 6.98. The smallest absolute Gasteiger partial charge is 0.408 e. The van der Waals surface area contributed by atoms with Crippen LogP contribution < -0.4 is 16.0 Å². The molecule has 3 aromatic rings. The highest BCUT2D eigenvalue weighted by atomic mass is 16.6. The molecule has 0 fully saturated rings. The van der Waals surface area contributed by atoms with E-state index in [0.29, 0.717) is 12.8 Å². The fourth-order valence-corrected chi connectivity index (χ4v) is 4.94. The maximum absolute atomic E-state index is 13.8. The minimum atomic E-state index is -1.04. The summed E-state index contributed by atoms with van der Waals surface area (Å²) in [4.78, 5) is 56.5. The normalized spacial score (nSPS) is 13.6. The van der Waals surface area contributed by atoms with Crippen molar-refractivity contribution in [2.75, 3.05) is 0 Å². The van der Waals surface area contributed by atoms with E-state index < -0.39 is 47.6 Å². The van der Waals surface area contributed by atoms with Crippen LogP contribution in [0, 0.1) is 11.8 Å². The van der Waals surface area contributed by atoms with Crippen LogP contribution in [0.4, 0.5) is 4.79 Å². The molecule has 0 saturated heterocycles. The summed E-state index contributed by atoms with van der Waals surface area (Å²) < 4.78 is 11.0. The molecule has 3 rings (SSSR count). The van der Waals surface area contributed by atoms with Gasteiger partial charge in [0.05, 0.1) is 0 Å². The Kier molecular flexibility index (Phi) is 12.6. The molecule has 0 radical (unpaired) electrons. The Balaban J connectivity index is 1.79. The van der Waals surface area contributed by atoms with Crippen molar-refractivity contribution in [2.45, 2.75) is 98.1 Å². The number of carbonyl (C=O) groups is 4. The van der Waals surface area contributed by atoms with Gasteiger partial charge >= 0.3 is 12.1 Å². The zero-order valence-corrected chi connectivity index (χ0v) is 27.4. The van der Waals surface area contributed by atoms with Crippen molar-refractivity contribution in [3.8, 4) is 0 Å². The highest BCUT2D eigenvalue weighted by Gasteiger charge is 2.32. The number of aromatic amines is 1. The summed E-state index contributed by atoms with van der Waals surface area (Å²) in [6.45, 7) is 13.1. The van der Waals surface area contributed by atoms with Gasteiger partial charge < -0.3 is 30.4 Å². The molecule has 45 heavy (non-hydrogen) atoms. The van der Waals surface area contributed by atoms with Crippen molar-refractivity contribution in [1.29, 1.82) is 0 Å². The van der Waals surface area contributed by atoms with E-state index in [1.807, 2.05) is 82.3 Å². The first-order valence-electron chi connectivity index (χ1n) is 15.6. The Morgan fingerprint density at radius 1 is 0.756 bits per heavy atom. The Bertz CT molecular complexity index is 1430. The zero-order valence-electron chi connectivity index (χ0n) is 27.4. The predicted octanol–water partition coefficient (Wildman–Crippen LogP) is 5.41. The number of benzene rings is 2. The fraction of sp³-hybridized carbons (Fsp3) is 0.486.